The number of carbonyl (C=O) groups excluding carboxylic acids is 1. The second-order valence-corrected chi connectivity index (χ2v) is 6.06. The lowest BCUT2D eigenvalue weighted by atomic mass is 9.92. The smallest absolute Gasteiger partial charge is 0.225 e. The minimum absolute atomic E-state index is 0.0907. The fraction of sp³-hybridized carbons (Fsp3) is 0.500. The van der Waals surface area contributed by atoms with Crippen molar-refractivity contribution in [2.24, 2.45) is 0 Å². The van der Waals surface area contributed by atoms with Gasteiger partial charge < -0.3 is 16.0 Å². The normalized spacial score (nSPS) is 15.2. The van der Waals surface area contributed by atoms with Crippen LogP contribution in [0.3, 0.4) is 0 Å². The van der Waals surface area contributed by atoms with Crippen LogP contribution >= 0.6 is 23.2 Å². The fourth-order valence-electron chi connectivity index (χ4n) is 2.22. The summed E-state index contributed by atoms with van der Waals surface area (Å²) in [7, 11) is 2.06. The molecule has 0 spiro atoms. The second-order valence-electron chi connectivity index (χ2n) is 5.22. The molecule has 0 saturated heterocycles. The van der Waals surface area contributed by atoms with Gasteiger partial charge in [-0.05, 0) is 32.0 Å². The van der Waals surface area contributed by atoms with E-state index in [0.717, 1.165) is 6.54 Å². The molecule has 6 heteroatoms. The van der Waals surface area contributed by atoms with Crippen molar-refractivity contribution in [2.75, 3.05) is 24.6 Å². The lowest BCUT2D eigenvalue weighted by molar-refractivity contribution is -0.116. The van der Waals surface area contributed by atoms with E-state index in [-0.39, 0.29) is 5.91 Å². The molecule has 0 bridgehead atoms. The molecule has 0 aromatic heterocycles. The molecule has 1 saturated carbocycles. The Morgan fingerprint density at radius 1 is 1.45 bits per heavy atom. The van der Waals surface area contributed by atoms with Crippen LogP contribution in [-0.4, -0.2) is 30.4 Å². The topological polar surface area (TPSA) is 58.4 Å². The van der Waals surface area contributed by atoms with Crippen LogP contribution in [0.25, 0.3) is 0 Å². The molecule has 1 aliphatic rings. The lowest BCUT2D eigenvalue weighted by Gasteiger charge is -2.34. The largest absolute Gasteiger partial charge is 0.397 e. The van der Waals surface area contributed by atoms with E-state index in [1.165, 1.54) is 19.3 Å². The van der Waals surface area contributed by atoms with E-state index in [1.807, 2.05) is 0 Å². The Bertz CT molecular complexity index is 480. The lowest BCUT2D eigenvalue weighted by Crippen LogP contribution is -2.38. The predicted octanol–water partition coefficient (Wildman–Crippen LogP) is 3.39. The predicted molar refractivity (Wildman–Crippen MR) is 84.4 cm³/mol. The molecule has 1 aromatic rings. The summed E-state index contributed by atoms with van der Waals surface area (Å²) in [6.45, 7) is 0.738. The van der Waals surface area contributed by atoms with Gasteiger partial charge in [-0.2, -0.15) is 0 Å². The van der Waals surface area contributed by atoms with Crippen molar-refractivity contribution in [1.82, 2.24) is 4.90 Å². The number of anilines is 2. The van der Waals surface area contributed by atoms with Crippen molar-refractivity contribution < 1.29 is 4.79 Å². The van der Waals surface area contributed by atoms with Crippen molar-refractivity contribution in [3.05, 3.63) is 22.2 Å². The van der Waals surface area contributed by atoms with Gasteiger partial charge in [-0.15, -0.1) is 0 Å². The highest BCUT2D eigenvalue weighted by molar-refractivity contribution is 6.37. The summed E-state index contributed by atoms with van der Waals surface area (Å²) in [6, 6.07) is 3.77. The average Bonchev–Trinajstić information content (AvgIpc) is 2.29. The molecule has 1 fully saturated rings. The molecule has 0 atom stereocenters. The molecule has 110 valence electrons. The Kier molecular flexibility index (Phi) is 5.13. The zero-order chi connectivity index (χ0) is 14.7. The van der Waals surface area contributed by atoms with E-state index in [9.17, 15) is 4.79 Å². The van der Waals surface area contributed by atoms with Gasteiger partial charge in [0, 0.05) is 24.0 Å². The van der Waals surface area contributed by atoms with Gasteiger partial charge in [-0.25, -0.2) is 0 Å². The molecule has 1 aromatic carbocycles. The molecule has 0 unspecified atom stereocenters. The van der Waals surface area contributed by atoms with E-state index >= 15 is 0 Å². The number of nitrogen functional groups attached to an aromatic ring is 1. The summed E-state index contributed by atoms with van der Waals surface area (Å²) < 4.78 is 0. The van der Waals surface area contributed by atoms with Gasteiger partial charge in [0.2, 0.25) is 5.91 Å². The van der Waals surface area contributed by atoms with Crippen LogP contribution in [0.1, 0.15) is 25.7 Å². The Labute approximate surface area is 129 Å². The Hall–Kier alpha value is -0.970. The van der Waals surface area contributed by atoms with E-state index in [2.05, 4.69) is 17.3 Å². The first-order valence-electron chi connectivity index (χ1n) is 6.72. The van der Waals surface area contributed by atoms with E-state index in [1.54, 1.807) is 12.1 Å². The van der Waals surface area contributed by atoms with Crippen molar-refractivity contribution in [3.8, 4) is 0 Å². The van der Waals surface area contributed by atoms with Crippen molar-refractivity contribution in [2.45, 2.75) is 31.7 Å². The van der Waals surface area contributed by atoms with Gasteiger partial charge in [0.1, 0.15) is 0 Å². The number of amides is 1. The molecular formula is C14H19Cl2N3O. The molecule has 1 aliphatic carbocycles. The summed E-state index contributed by atoms with van der Waals surface area (Å²) >= 11 is 11.9. The monoisotopic (exact) mass is 315 g/mol. The molecule has 0 aliphatic heterocycles. The Balaban J connectivity index is 1.88. The standard InChI is InChI=1S/C14H19Cl2N3O/c1-19(10-3-2-4-10)6-5-13(20)18-14-11(16)7-9(15)8-12(14)17/h7-8,10H,2-6,17H2,1H3,(H,18,20). The second kappa shape index (κ2) is 6.66. The van der Waals surface area contributed by atoms with Crippen LogP contribution in [0.2, 0.25) is 10.0 Å². The first-order valence-corrected chi connectivity index (χ1v) is 7.47. The number of hydrogen-bond donors (Lipinski definition) is 2. The molecular weight excluding hydrogens is 297 g/mol. The van der Waals surface area contributed by atoms with Gasteiger partial charge in [-0.1, -0.05) is 29.6 Å². The third-order valence-electron chi connectivity index (χ3n) is 3.74. The van der Waals surface area contributed by atoms with Gasteiger partial charge >= 0.3 is 0 Å². The van der Waals surface area contributed by atoms with Crippen LogP contribution in [0.4, 0.5) is 11.4 Å². The highest BCUT2D eigenvalue weighted by Gasteiger charge is 2.22. The molecule has 0 radical (unpaired) electrons. The number of nitrogens with two attached hydrogens (primary N) is 1. The maximum absolute atomic E-state index is 12.0. The summed E-state index contributed by atoms with van der Waals surface area (Å²) in [5.41, 5.74) is 6.63. The van der Waals surface area contributed by atoms with Crippen molar-refractivity contribution in [3.63, 3.8) is 0 Å². The highest BCUT2D eigenvalue weighted by atomic mass is 35.5. The average molecular weight is 316 g/mol. The van der Waals surface area contributed by atoms with Gasteiger partial charge in [0.25, 0.3) is 0 Å². The minimum Gasteiger partial charge on any atom is -0.397 e. The van der Waals surface area contributed by atoms with Crippen molar-refractivity contribution in [1.29, 1.82) is 0 Å². The number of rotatable bonds is 5. The fourth-order valence-corrected chi connectivity index (χ4v) is 2.77. The summed E-state index contributed by atoms with van der Waals surface area (Å²) in [5.74, 6) is -0.0907. The van der Waals surface area contributed by atoms with Crippen LogP contribution in [0.5, 0.6) is 0 Å². The van der Waals surface area contributed by atoms with Crippen molar-refractivity contribution >= 4 is 40.5 Å². The number of hydrogen-bond acceptors (Lipinski definition) is 3. The number of benzene rings is 1. The highest BCUT2D eigenvalue weighted by Crippen LogP contribution is 2.32. The zero-order valence-electron chi connectivity index (χ0n) is 11.5. The third kappa shape index (κ3) is 3.78. The summed E-state index contributed by atoms with van der Waals surface area (Å²) in [5, 5.41) is 3.57. The Morgan fingerprint density at radius 3 is 2.70 bits per heavy atom. The number of nitrogens with zero attached hydrogens (tertiary/aromatic N) is 1. The molecule has 20 heavy (non-hydrogen) atoms. The van der Waals surface area contributed by atoms with E-state index in [4.69, 9.17) is 28.9 Å². The molecule has 3 N–H and O–H groups in total. The van der Waals surface area contributed by atoms with Gasteiger partial charge in [0.05, 0.1) is 16.4 Å². The van der Waals surface area contributed by atoms with Crippen LogP contribution in [-0.2, 0) is 4.79 Å². The maximum atomic E-state index is 12.0. The first-order chi connectivity index (χ1) is 9.47. The quantitative estimate of drug-likeness (QED) is 0.819. The van der Waals surface area contributed by atoms with Gasteiger partial charge in [-0.3, -0.25) is 4.79 Å². The van der Waals surface area contributed by atoms with E-state index < -0.39 is 0 Å². The number of halogens is 2. The van der Waals surface area contributed by atoms with Crippen LogP contribution in [0.15, 0.2) is 12.1 Å². The SMILES string of the molecule is CN(CCC(=O)Nc1c(N)cc(Cl)cc1Cl)C1CCC1. The molecule has 0 heterocycles. The Morgan fingerprint density at radius 2 is 2.15 bits per heavy atom. The minimum atomic E-state index is -0.0907. The van der Waals surface area contributed by atoms with E-state index in [0.29, 0.717) is 33.9 Å². The number of carbonyl (C=O) groups is 1. The zero-order valence-corrected chi connectivity index (χ0v) is 13.0. The van der Waals surface area contributed by atoms with Crippen LogP contribution < -0.4 is 11.1 Å². The van der Waals surface area contributed by atoms with Gasteiger partial charge in [0.15, 0.2) is 0 Å². The maximum Gasteiger partial charge on any atom is 0.225 e. The first kappa shape index (κ1) is 15.4. The molecule has 4 nitrogen and oxygen atoms in total. The molecule has 1 amide bonds. The van der Waals surface area contributed by atoms with Crippen LogP contribution in [0, 0.1) is 0 Å². The third-order valence-corrected chi connectivity index (χ3v) is 4.26. The summed E-state index contributed by atoms with van der Waals surface area (Å²) in [4.78, 5) is 14.2. The molecule has 2 rings (SSSR count). The number of nitrogens with one attached hydrogen (secondary N) is 1. The summed E-state index contributed by atoms with van der Waals surface area (Å²) in [6.07, 6.45) is 4.17.